The molecule has 0 bridgehead atoms. The van der Waals surface area contributed by atoms with E-state index in [1.807, 2.05) is 6.92 Å². The third kappa shape index (κ3) is 4.40. The second-order valence-corrected chi connectivity index (χ2v) is 5.25. The highest BCUT2D eigenvalue weighted by Crippen LogP contribution is 2.28. The van der Waals surface area contributed by atoms with Crippen molar-refractivity contribution in [2.45, 2.75) is 32.7 Å². The van der Waals surface area contributed by atoms with E-state index in [4.69, 9.17) is 16.3 Å². The van der Waals surface area contributed by atoms with Crippen molar-refractivity contribution in [1.82, 2.24) is 5.32 Å². The normalized spacial score (nSPS) is 11.2. The highest BCUT2D eigenvalue weighted by atomic mass is 35.5. The monoisotopic (exact) mass is 284 g/mol. The molecule has 0 aliphatic heterocycles. The Bertz CT molecular complexity index is 447. The first kappa shape index (κ1) is 15.8. The lowest BCUT2D eigenvalue weighted by molar-refractivity contribution is -0.121. The van der Waals surface area contributed by atoms with Crippen molar-refractivity contribution >= 4 is 23.2 Å². The first-order valence-corrected chi connectivity index (χ1v) is 6.71. The molecule has 106 valence electrons. The molecule has 0 radical (unpaired) electrons. The lowest BCUT2D eigenvalue weighted by Crippen LogP contribution is -2.47. The average Bonchev–Trinajstić information content (AvgIpc) is 2.37. The molecule has 0 fully saturated rings. The van der Waals surface area contributed by atoms with Gasteiger partial charge in [0, 0.05) is 5.02 Å². The van der Waals surface area contributed by atoms with E-state index < -0.39 is 5.54 Å². The van der Waals surface area contributed by atoms with Crippen molar-refractivity contribution in [1.29, 1.82) is 0 Å². The molecule has 0 atom stereocenters. The molecule has 1 amide bonds. The van der Waals surface area contributed by atoms with Gasteiger partial charge in [0.15, 0.2) is 0 Å². The number of amides is 1. The van der Waals surface area contributed by atoms with Crippen LogP contribution in [0.3, 0.4) is 0 Å². The zero-order chi connectivity index (χ0) is 14.5. The number of anilines is 1. The number of benzene rings is 1. The lowest BCUT2D eigenvalue weighted by atomic mass is 10.1. The van der Waals surface area contributed by atoms with Gasteiger partial charge in [-0.15, -0.1) is 0 Å². The Morgan fingerprint density at radius 1 is 1.42 bits per heavy atom. The summed E-state index contributed by atoms with van der Waals surface area (Å²) in [6.07, 6.45) is 0.901. The Kier molecular flexibility index (Phi) is 5.63. The Morgan fingerprint density at radius 2 is 2.11 bits per heavy atom. The number of carbonyl (C=O) groups excluding carboxylic acids is 1. The maximum atomic E-state index is 12.1. The number of ether oxygens (including phenoxy) is 1. The molecular weight excluding hydrogens is 264 g/mol. The summed E-state index contributed by atoms with van der Waals surface area (Å²) in [6, 6.07) is 5.20. The van der Waals surface area contributed by atoms with E-state index in [0.29, 0.717) is 23.1 Å². The minimum Gasteiger partial charge on any atom is -0.491 e. The molecule has 5 heteroatoms. The number of halogens is 1. The van der Waals surface area contributed by atoms with E-state index in [0.717, 1.165) is 6.42 Å². The maximum absolute atomic E-state index is 12.1. The number of likely N-dealkylation sites (N-methyl/N-ethyl adjacent to an activating group) is 1. The van der Waals surface area contributed by atoms with E-state index in [1.165, 1.54) is 0 Å². The summed E-state index contributed by atoms with van der Waals surface area (Å²) in [7, 11) is 1.74. The van der Waals surface area contributed by atoms with Gasteiger partial charge in [0.25, 0.3) is 0 Å². The third-order valence-electron chi connectivity index (χ3n) is 2.84. The molecule has 19 heavy (non-hydrogen) atoms. The predicted molar refractivity (Wildman–Crippen MR) is 79.0 cm³/mol. The standard InChI is InChI=1S/C14H21ClN2O2/c1-5-8-19-12-7-6-10(15)9-11(12)17-13(18)14(2,3)16-4/h6-7,9,16H,5,8H2,1-4H3,(H,17,18). The van der Waals surface area contributed by atoms with Crippen LogP contribution in [0.4, 0.5) is 5.69 Å². The van der Waals surface area contributed by atoms with Gasteiger partial charge in [0.05, 0.1) is 17.8 Å². The molecule has 1 aromatic rings. The summed E-state index contributed by atoms with van der Waals surface area (Å²) in [5.41, 5.74) is -0.0704. The van der Waals surface area contributed by atoms with Crippen LogP contribution < -0.4 is 15.4 Å². The van der Waals surface area contributed by atoms with Crippen LogP contribution in [0, 0.1) is 0 Å². The topological polar surface area (TPSA) is 50.4 Å². The molecule has 0 aromatic heterocycles. The summed E-state index contributed by atoms with van der Waals surface area (Å²) >= 11 is 5.96. The lowest BCUT2D eigenvalue weighted by Gasteiger charge is -2.23. The van der Waals surface area contributed by atoms with Crippen molar-refractivity contribution < 1.29 is 9.53 Å². The largest absolute Gasteiger partial charge is 0.491 e. The summed E-state index contributed by atoms with van der Waals surface area (Å²) < 4.78 is 5.59. The van der Waals surface area contributed by atoms with Crippen LogP contribution in [0.5, 0.6) is 5.75 Å². The van der Waals surface area contributed by atoms with Crippen molar-refractivity contribution in [2.75, 3.05) is 19.0 Å². The van der Waals surface area contributed by atoms with Crippen LogP contribution in [-0.2, 0) is 4.79 Å². The van der Waals surface area contributed by atoms with Gasteiger partial charge in [0.2, 0.25) is 5.91 Å². The average molecular weight is 285 g/mol. The molecule has 0 saturated carbocycles. The second-order valence-electron chi connectivity index (χ2n) is 4.82. The molecule has 1 aromatic carbocycles. The fourth-order valence-electron chi connectivity index (χ4n) is 1.33. The van der Waals surface area contributed by atoms with Crippen molar-refractivity contribution in [2.24, 2.45) is 0 Å². The molecule has 0 unspecified atom stereocenters. The van der Waals surface area contributed by atoms with E-state index in [1.54, 1.807) is 39.1 Å². The third-order valence-corrected chi connectivity index (χ3v) is 3.08. The highest BCUT2D eigenvalue weighted by Gasteiger charge is 2.26. The molecule has 4 nitrogen and oxygen atoms in total. The zero-order valence-corrected chi connectivity index (χ0v) is 12.6. The van der Waals surface area contributed by atoms with Gasteiger partial charge in [-0.25, -0.2) is 0 Å². The molecule has 0 aliphatic rings. The number of hydrogen-bond donors (Lipinski definition) is 2. The van der Waals surface area contributed by atoms with Crippen LogP contribution in [-0.4, -0.2) is 25.1 Å². The van der Waals surface area contributed by atoms with Gasteiger partial charge in [-0.3, -0.25) is 4.79 Å². The maximum Gasteiger partial charge on any atom is 0.244 e. The summed E-state index contributed by atoms with van der Waals surface area (Å²) in [6.45, 7) is 6.23. The van der Waals surface area contributed by atoms with Crippen LogP contribution in [0.1, 0.15) is 27.2 Å². The molecule has 0 spiro atoms. The van der Waals surface area contributed by atoms with Gasteiger partial charge >= 0.3 is 0 Å². The minimum absolute atomic E-state index is 0.140. The number of rotatable bonds is 6. The van der Waals surface area contributed by atoms with Crippen LogP contribution in [0.25, 0.3) is 0 Å². The molecule has 0 saturated heterocycles. The quantitative estimate of drug-likeness (QED) is 0.844. The van der Waals surface area contributed by atoms with Crippen molar-refractivity contribution in [3.05, 3.63) is 23.2 Å². The fraction of sp³-hybridized carbons (Fsp3) is 0.500. The summed E-state index contributed by atoms with van der Waals surface area (Å²) in [5, 5.41) is 6.35. The summed E-state index contributed by atoms with van der Waals surface area (Å²) in [5.74, 6) is 0.491. The highest BCUT2D eigenvalue weighted by molar-refractivity contribution is 6.31. The van der Waals surface area contributed by atoms with E-state index in [-0.39, 0.29) is 5.91 Å². The molecule has 0 heterocycles. The number of nitrogens with one attached hydrogen (secondary N) is 2. The van der Waals surface area contributed by atoms with Crippen LogP contribution >= 0.6 is 11.6 Å². The second kappa shape index (κ2) is 6.78. The minimum atomic E-state index is -0.662. The van der Waals surface area contributed by atoms with Gasteiger partial charge in [-0.2, -0.15) is 0 Å². The number of carbonyl (C=O) groups is 1. The molecule has 2 N–H and O–H groups in total. The first-order valence-electron chi connectivity index (χ1n) is 6.33. The van der Waals surface area contributed by atoms with Gasteiger partial charge < -0.3 is 15.4 Å². The van der Waals surface area contributed by atoms with E-state index in [9.17, 15) is 4.79 Å². The SMILES string of the molecule is CCCOc1ccc(Cl)cc1NC(=O)C(C)(C)NC. The Hall–Kier alpha value is -1.26. The van der Waals surface area contributed by atoms with Crippen molar-refractivity contribution in [3.8, 4) is 5.75 Å². The fourth-order valence-corrected chi connectivity index (χ4v) is 1.50. The van der Waals surface area contributed by atoms with Gasteiger partial charge in [-0.05, 0) is 45.5 Å². The Labute approximate surface area is 119 Å². The first-order chi connectivity index (χ1) is 8.90. The Morgan fingerprint density at radius 3 is 2.68 bits per heavy atom. The van der Waals surface area contributed by atoms with E-state index in [2.05, 4.69) is 10.6 Å². The molecular formula is C14H21ClN2O2. The van der Waals surface area contributed by atoms with E-state index >= 15 is 0 Å². The molecule has 0 aliphatic carbocycles. The number of hydrogen-bond acceptors (Lipinski definition) is 3. The van der Waals surface area contributed by atoms with Crippen LogP contribution in [0.15, 0.2) is 18.2 Å². The van der Waals surface area contributed by atoms with Crippen molar-refractivity contribution in [3.63, 3.8) is 0 Å². The Balaban J connectivity index is 2.92. The van der Waals surface area contributed by atoms with Gasteiger partial charge in [0.1, 0.15) is 5.75 Å². The van der Waals surface area contributed by atoms with Crippen LogP contribution in [0.2, 0.25) is 5.02 Å². The predicted octanol–water partition coefficient (Wildman–Crippen LogP) is 3.07. The zero-order valence-electron chi connectivity index (χ0n) is 11.8. The smallest absolute Gasteiger partial charge is 0.244 e. The molecule has 1 rings (SSSR count). The summed E-state index contributed by atoms with van der Waals surface area (Å²) in [4.78, 5) is 12.1. The van der Waals surface area contributed by atoms with Gasteiger partial charge in [-0.1, -0.05) is 18.5 Å².